The molecule has 0 spiro atoms. The van der Waals surface area contributed by atoms with Gasteiger partial charge in [0.05, 0.1) is 5.56 Å². The van der Waals surface area contributed by atoms with Crippen molar-refractivity contribution in [2.75, 3.05) is 0 Å². The van der Waals surface area contributed by atoms with Crippen molar-refractivity contribution in [3.05, 3.63) is 28.4 Å². The SMILES string of the molecule is NC(=NO)c1cc2c(nc1Sc1nncs1)CCCC2. The second kappa shape index (κ2) is 5.76. The van der Waals surface area contributed by atoms with Gasteiger partial charge in [-0.25, -0.2) is 4.98 Å². The third-order valence-electron chi connectivity index (χ3n) is 3.17. The number of aromatic nitrogens is 3. The van der Waals surface area contributed by atoms with Gasteiger partial charge in [0.15, 0.2) is 10.2 Å². The van der Waals surface area contributed by atoms with Gasteiger partial charge in [-0.2, -0.15) is 0 Å². The van der Waals surface area contributed by atoms with E-state index < -0.39 is 0 Å². The summed E-state index contributed by atoms with van der Waals surface area (Å²) < 4.78 is 0.792. The molecule has 0 aromatic carbocycles. The topological polar surface area (TPSA) is 97.3 Å². The summed E-state index contributed by atoms with van der Waals surface area (Å²) >= 11 is 2.84. The minimum absolute atomic E-state index is 0.0814. The summed E-state index contributed by atoms with van der Waals surface area (Å²) in [7, 11) is 0. The summed E-state index contributed by atoms with van der Waals surface area (Å²) in [5.41, 5.74) is 10.4. The summed E-state index contributed by atoms with van der Waals surface area (Å²) in [6.45, 7) is 0. The van der Waals surface area contributed by atoms with Crippen LogP contribution in [0.4, 0.5) is 0 Å². The van der Waals surface area contributed by atoms with E-state index in [0.29, 0.717) is 5.56 Å². The van der Waals surface area contributed by atoms with E-state index in [1.165, 1.54) is 28.7 Å². The van der Waals surface area contributed by atoms with E-state index in [4.69, 9.17) is 10.9 Å². The van der Waals surface area contributed by atoms with Crippen molar-refractivity contribution < 1.29 is 5.21 Å². The molecule has 0 fully saturated rings. The molecule has 3 rings (SSSR count). The van der Waals surface area contributed by atoms with Crippen LogP contribution in [0.3, 0.4) is 0 Å². The van der Waals surface area contributed by atoms with Crippen LogP contribution in [0.2, 0.25) is 0 Å². The lowest BCUT2D eigenvalue weighted by atomic mass is 9.95. The Hall–Kier alpha value is -1.67. The molecule has 0 unspecified atom stereocenters. The Morgan fingerprint density at radius 3 is 3.00 bits per heavy atom. The largest absolute Gasteiger partial charge is 0.409 e. The predicted octanol–water partition coefficient (Wildman–Crippen LogP) is 2.06. The van der Waals surface area contributed by atoms with Gasteiger partial charge in [0.2, 0.25) is 0 Å². The number of amidine groups is 1. The molecule has 0 amide bonds. The lowest BCUT2D eigenvalue weighted by Gasteiger charge is -2.17. The van der Waals surface area contributed by atoms with Gasteiger partial charge in [0.25, 0.3) is 0 Å². The zero-order chi connectivity index (χ0) is 13.9. The average molecular weight is 307 g/mol. The molecular formula is C12H13N5OS2. The number of aryl methyl sites for hydroxylation is 2. The van der Waals surface area contributed by atoms with Gasteiger partial charge in [-0.3, -0.25) is 0 Å². The number of rotatable bonds is 3. The highest BCUT2D eigenvalue weighted by molar-refractivity contribution is 8.01. The van der Waals surface area contributed by atoms with Crippen LogP contribution in [-0.4, -0.2) is 26.2 Å². The number of nitrogens with two attached hydrogens (primary N) is 1. The highest BCUT2D eigenvalue weighted by Gasteiger charge is 2.18. The highest BCUT2D eigenvalue weighted by Crippen LogP contribution is 2.32. The maximum absolute atomic E-state index is 8.94. The Labute approximate surface area is 124 Å². The first-order chi connectivity index (χ1) is 9.78. The van der Waals surface area contributed by atoms with Crippen molar-refractivity contribution in [3.63, 3.8) is 0 Å². The van der Waals surface area contributed by atoms with Gasteiger partial charge in [-0.05, 0) is 49.1 Å². The molecular weight excluding hydrogens is 294 g/mol. The van der Waals surface area contributed by atoms with E-state index >= 15 is 0 Å². The Morgan fingerprint density at radius 1 is 1.40 bits per heavy atom. The van der Waals surface area contributed by atoms with Crippen LogP contribution >= 0.6 is 23.1 Å². The fraction of sp³-hybridized carbons (Fsp3) is 0.333. The molecule has 0 saturated carbocycles. The third-order valence-corrected chi connectivity index (χ3v) is 4.96. The number of fused-ring (bicyclic) bond motifs is 1. The minimum atomic E-state index is 0.0814. The van der Waals surface area contributed by atoms with Crippen molar-refractivity contribution in [1.82, 2.24) is 15.2 Å². The van der Waals surface area contributed by atoms with Crippen molar-refractivity contribution in [1.29, 1.82) is 0 Å². The maximum atomic E-state index is 8.94. The van der Waals surface area contributed by atoms with Crippen LogP contribution in [0.25, 0.3) is 0 Å². The summed E-state index contributed by atoms with van der Waals surface area (Å²) in [5.74, 6) is 0.0814. The molecule has 0 radical (unpaired) electrons. The van der Waals surface area contributed by atoms with Gasteiger partial charge < -0.3 is 10.9 Å². The van der Waals surface area contributed by atoms with Gasteiger partial charge in [-0.15, -0.1) is 10.2 Å². The second-order valence-electron chi connectivity index (χ2n) is 4.45. The minimum Gasteiger partial charge on any atom is -0.409 e. The number of hydrogen-bond donors (Lipinski definition) is 2. The van der Waals surface area contributed by atoms with Gasteiger partial charge in [-0.1, -0.05) is 16.5 Å². The quantitative estimate of drug-likeness (QED) is 0.390. The van der Waals surface area contributed by atoms with Crippen molar-refractivity contribution >= 4 is 28.9 Å². The average Bonchev–Trinajstić information content (AvgIpc) is 2.98. The normalized spacial score (nSPS) is 15.1. The van der Waals surface area contributed by atoms with Crippen LogP contribution in [-0.2, 0) is 12.8 Å². The zero-order valence-electron chi connectivity index (χ0n) is 10.6. The Bertz CT molecular complexity index is 642. The van der Waals surface area contributed by atoms with Crippen LogP contribution in [0.5, 0.6) is 0 Å². The second-order valence-corrected chi connectivity index (χ2v) is 6.52. The predicted molar refractivity (Wildman–Crippen MR) is 77.4 cm³/mol. The number of nitrogens with zero attached hydrogens (tertiary/aromatic N) is 4. The lowest BCUT2D eigenvalue weighted by molar-refractivity contribution is 0.318. The molecule has 20 heavy (non-hydrogen) atoms. The Morgan fingerprint density at radius 2 is 2.25 bits per heavy atom. The zero-order valence-corrected chi connectivity index (χ0v) is 12.2. The van der Waals surface area contributed by atoms with Crippen LogP contribution in [0.15, 0.2) is 26.1 Å². The van der Waals surface area contributed by atoms with E-state index in [1.807, 2.05) is 6.07 Å². The molecule has 0 bridgehead atoms. The third kappa shape index (κ3) is 2.61. The van der Waals surface area contributed by atoms with Gasteiger partial charge in [0, 0.05) is 5.69 Å². The fourth-order valence-electron chi connectivity index (χ4n) is 2.22. The molecule has 104 valence electrons. The summed E-state index contributed by atoms with van der Waals surface area (Å²) in [6.07, 6.45) is 4.30. The summed E-state index contributed by atoms with van der Waals surface area (Å²) in [5, 5.41) is 20.6. The van der Waals surface area contributed by atoms with Crippen molar-refractivity contribution in [2.24, 2.45) is 10.9 Å². The fourth-order valence-corrected chi connectivity index (χ4v) is 3.74. The molecule has 8 heteroatoms. The number of oxime groups is 1. The van der Waals surface area contributed by atoms with Crippen molar-refractivity contribution in [3.8, 4) is 0 Å². The number of hydrogen-bond acceptors (Lipinski definition) is 7. The summed E-state index contributed by atoms with van der Waals surface area (Å²) in [4.78, 5) is 4.69. The molecule has 2 heterocycles. The van der Waals surface area contributed by atoms with E-state index in [1.54, 1.807) is 5.51 Å². The highest BCUT2D eigenvalue weighted by atomic mass is 32.2. The van der Waals surface area contributed by atoms with E-state index in [2.05, 4.69) is 20.3 Å². The van der Waals surface area contributed by atoms with Crippen LogP contribution in [0, 0.1) is 0 Å². The van der Waals surface area contributed by atoms with E-state index in [-0.39, 0.29) is 5.84 Å². The van der Waals surface area contributed by atoms with Gasteiger partial charge >= 0.3 is 0 Å². The van der Waals surface area contributed by atoms with Crippen LogP contribution < -0.4 is 5.73 Å². The summed E-state index contributed by atoms with van der Waals surface area (Å²) in [6, 6.07) is 1.99. The molecule has 3 N–H and O–H groups in total. The smallest absolute Gasteiger partial charge is 0.180 e. The first-order valence-corrected chi connectivity index (χ1v) is 7.92. The lowest BCUT2D eigenvalue weighted by Crippen LogP contribution is -2.17. The Kier molecular flexibility index (Phi) is 3.83. The maximum Gasteiger partial charge on any atom is 0.180 e. The van der Waals surface area contributed by atoms with Crippen molar-refractivity contribution in [2.45, 2.75) is 35.0 Å². The molecule has 0 saturated heterocycles. The first-order valence-electron chi connectivity index (χ1n) is 6.22. The van der Waals surface area contributed by atoms with Crippen LogP contribution in [0.1, 0.15) is 29.7 Å². The monoisotopic (exact) mass is 307 g/mol. The molecule has 0 atom stereocenters. The Balaban J connectivity index is 2.05. The molecule has 1 aliphatic rings. The molecule has 0 aliphatic heterocycles. The molecule has 1 aliphatic carbocycles. The molecule has 2 aromatic rings. The van der Waals surface area contributed by atoms with E-state index in [9.17, 15) is 0 Å². The molecule has 6 nitrogen and oxygen atoms in total. The van der Waals surface area contributed by atoms with Gasteiger partial charge in [0.1, 0.15) is 10.5 Å². The van der Waals surface area contributed by atoms with E-state index in [0.717, 1.165) is 40.7 Å². The standard InChI is InChI=1S/C12H13N5OS2/c13-10(17-18)8-5-7-3-1-2-4-9(7)15-11(8)20-12-16-14-6-19-12/h5-6,18H,1-4H2,(H2,13,17). The molecule has 2 aromatic heterocycles. The first kappa shape index (κ1) is 13.3. The number of pyridine rings is 1.